The highest BCUT2D eigenvalue weighted by atomic mass is 35.5. The molecule has 3 rings (SSSR count). The molecule has 0 fully saturated rings. The van der Waals surface area contributed by atoms with Gasteiger partial charge in [0.1, 0.15) is 0 Å². The molecule has 0 N–H and O–H groups in total. The van der Waals surface area contributed by atoms with Gasteiger partial charge in [-0.25, -0.2) is 13.4 Å². The molecule has 0 unspecified atom stereocenters. The lowest BCUT2D eigenvalue weighted by atomic mass is 10.1. The van der Waals surface area contributed by atoms with Crippen molar-refractivity contribution in [2.24, 2.45) is 0 Å². The summed E-state index contributed by atoms with van der Waals surface area (Å²) in [5.41, 5.74) is 1.02. The van der Waals surface area contributed by atoms with Crippen LogP contribution in [0.15, 0.2) is 35.2 Å². The summed E-state index contributed by atoms with van der Waals surface area (Å²) >= 11 is 1.29. The smallest absolute Gasteiger partial charge is 0.260 e. The van der Waals surface area contributed by atoms with Crippen LogP contribution in [0.5, 0.6) is 17.2 Å². The molecule has 0 spiro atoms. The van der Waals surface area contributed by atoms with Crippen LogP contribution >= 0.6 is 23.7 Å². The van der Waals surface area contributed by atoms with Crippen molar-refractivity contribution in [2.45, 2.75) is 39.5 Å². The standard InChI is InChI=1S/C27H37N3O6S2.ClH/c1-7-29(8-2)14-15-30(27-28-21-13-12-20(38(6,32)33)18-24(21)37-27)26(31)19-16-22(34-9-3)25(36-11-5)23(17-19)35-10-4;/h12-13,16-18H,7-11,14-15H2,1-6H3;1H. The van der Waals surface area contributed by atoms with E-state index in [4.69, 9.17) is 19.2 Å². The van der Waals surface area contributed by atoms with E-state index in [-0.39, 0.29) is 23.2 Å². The van der Waals surface area contributed by atoms with Crippen LogP contribution in [0.1, 0.15) is 45.0 Å². The summed E-state index contributed by atoms with van der Waals surface area (Å²) < 4.78 is 42.3. The molecule has 9 nitrogen and oxygen atoms in total. The fourth-order valence-electron chi connectivity index (χ4n) is 3.97. The zero-order valence-electron chi connectivity index (χ0n) is 23.4. The zero-order valence-corrected chi connectivity index (χ0v) is 25.8. The lowest BCUT2D eigenvalue weighted by molar-refractivity contribution is 0.0982. The molecule has 3 aromatic rings. The Labute approximate surface area is 241 Å². The molecular formula is C27H38ClN3O6S2. The van der Waals surface area contributed by atoms with E-state index in [1.54, 1.807) is 35.2 Å². The molecule has 0 aliphatic rings. The largest absolute Gasteiger partial charge is 0.490 e. The molecule has 0 bridgehead atoms. The van der Waals surface area contributed by atoms with E-state index in [1.807, 2.05) is 20.8 Å². The van der Waals surface area contributed by atoms with Gasteiger partial charge in [-0.2, -0.15) is 0 Å². The fourth-order valence-corrected chi connectivity index (χ4v) is 5.72. The van der Waals surface area contributed by atoms with Crippen molar-refractivity contribution < 1.29 is 27.4 Å². The normalized spacial score (nSPS) is 11.4. The number of aromatic nitrogens is 1. The minimum atomic E-state index is -3.37. The number of fused-ring (bicyclic) bond motifs is 1. The number of benzene rings is 2. The van der Waals surface area contributed by atoms with Gasteiger partial charge < -0.3 is 19.1 Å². The maximum atomic E-state index is 14.0. The van der Waals surface area contributed by atoms with Gasteiger partial charge in [-0.3, -0.25) is 9.69 Å². The molecule has 0 aliphatic heterocycles. The third-order valence-electron chi connectivity index (χ3n) is 5.94. The fraction of sp³-hybridized carbons (Fsp3) is 0.481. The number of carbonyl (C=O) groups excluding carboxylic acids is 1. The molecule has 1 heterocycles. The van der Waals surface area contributed by atoms with Gasteiger partial charge in [0.05, 0.1) is 34.9 Å². The average molecular weight is 600 g/mol. The van der Waals surface area contributed by atoms with Crippen molar-refractivity contribution in [3.05, 3.63) is 35.9 Å². The predicted octanol–water partition coefficient (Wildman–Crippen LogP) is 5.31. The highest BCUT2D eigenvalue weighted by Gasteiger charge is 2.26. The van der Waals surface area contributed by atoms with E-state index in [0.29, 0.717) is 71.1 Å². The van der Waals surface area contributed by atoms with Crippen LogP contribution in [0.25, 0.3) is 10.2 Å². The number of halogens is 1. The zero-order chi connectivity index (χ0) is 27.9. The maximum Gasteiger partial charge on any atom is 0.260 e. The van der Waals surface area contributed by atoms with Crippen LogP contribution in [0.4, 0.5) is 5.13 Å². The average Bonchev–Trinajstić information content (AvgIpc) is 3.31. The first-order chi connectivity index (χ1) is 18.2. The number of likely N-dealkylation sites (N-methyl/N-ethyl adjacent to an activating group) is 1. The minimum Gasteiger partial charge on any atom is -0.490 e. The van der Waals surface area contributed by atoms with Crippen molar-refractivity contribution in [3.63, 3.8) is 0 Å². The summed E-state index contributed by atoms with van der Waals surface area (Å²) in [4.78, 5) is 22.8. The molecule has 2 aromatic carbocycles. The second-order valence-corrected chi connectivity index (χ2v) is 11.5. The number of anilines is 1. The van der Waals surface area contributed by atoms with Gasteiger partial charge in [0.2, 0.25) is 5.75 Å². The van der Waals surface area contributed by atoms with E-state index >= 15 is 0 Å². The third kappa shape index (κ3) is 7.97. The molecule has 216 valence electrons. The summed E-state index contributed by atoms with van der Waals surface area (Å²) in [5, 5.41) is 0.493. The lowest BCUT2D eigenvalue weighted by Crippen LogP contribution is -2.38. The van der Waals surface area contributed by atoms with Crippen molar-refractivity contribution in [1.29, 1.82) is 0 Å². The van der Waals surface area contributed by atoms with Gasteiger partial charge in [-0.1, -0.05) is 25.2 Å². The van der Waals surface area contributed by atoms with Gasteiger partial charge in [0, 0.05) is 24.9 Å². The first kappa shape index (κ1) is 32.6. The highest BCUT2D eigenvalue weighted by molar-refractivity contribution is 7.90. The quantitative estimate of drug-likeness (QED) is 0.246. The third-order valence-corrected chi connectivity index (χ3v) is 8.09. The topological polar surface area (TPSA) is 98.3 Å². The second kappa shape index (κ2) is 14.7. The molecular weight excluding hydrogens is 562 g/mol. The molecule has 0 atom stereocenters. The van der Waals surface area contributed by atoms with Gasteiger partial charge >= 0.3 is 0 Å². The summed E-state index contributed by atoms with van der Waals surface area (Å²) in [7, 11) is -3.37. The van der Waals surface area contributed by atoms with Crippen LogP contribution < -0.4 is 19.1 Å². The summed E-state index contributed by atoms with van der Waals surface area (Å²) in [6, 6.07) is 8.18. The van der Waals surface area contributed by atoms with Crippen LogP contribution in [0.3, 0.4) is 0 Å². The number of thiazole rings is 1. The number of ether oxygens (including phenoxy) is 3. The monoisotopic (exact) mass is 599 g/mol. The number of carbonyl (C=O) groups is 1. The van der Waals surface area contributed by atoms with Crippen LogP contribution in [-0.4, -0.2) is 76.5 Å². The van der Waals surface area contributed by atoms with Gasteiger partial charge in [-0.15, -0.1) is 12.4 Å². The number of rotatable bonds is 14. The first-order valence-corrected chi connectivity index (χ1v) is 15.6. The Morgan fingerprint density at radius 2 is 1.49 bits per heavy atom. The Kier molecular flexibility index (Phi) is 12.3. The Bertz CT molecular complexity index is 1330. The first-order valence-electron chi connectivity index (χ1n) is 12.9. The second-order valence-electron chi connectivity index (χ2n) is 8.48. The van der Waals surface area contributed by atoms with Crippen molar-refractivity contribution in [3.8, 4) is 17.2 Å². The van der Waals surface area contributed by atoms with E-state index in [2.05, 4.69) is 18.7 Å². The van der Waals surface area contributed by atoms with Crippen LogP contribution in [-0.2, 0) is 9.84 Å². The van der Waals surface area contributed by atoms with Gasteiger partial charge in [0.15, 0.2) is 26.5 Å². The number of amides is 1. The summed E-state index contributed by atoms with van der Waals surface area (Å²) in [6.45, 7) is 13.7. The molecule has 0 radical (unpaired) electrons. The number of hydrogen-bond acceptors (Lipinski definition) is 9. The Morgan fingerprint density at radius 1 is 0.897 bits per heavy atom. The summed E-state index contributed by atoms with van der Waals surface area (Å²) in [6.07, 6.45) is 1.17. The van der Waals surface area contributed by atoms with E-state index in [0.717, 1.165) is 13.1 Å². The minimum absolute atomic E-state index is 0. The number of hydrogen-bond donors (Lipinski definition) is 0. The highest BCUT2D eigenvalue weighted by Crippen LogP contribution is 2.40. The van der Waals surface area contributed by atoms with Crippen LogP contribution in [0.2, 0.25) is 0 Å². The Hall–Kier alpha value is -2.60. The van der Waals surface area contributed by atoms with Gasteiger partial charge in [-0.05, 0) is 64.2 Å². The molecule has 12 heteroatoms. The van der Waals surface area contributed by atoms with Crippen molar-refractivity contribution in [1.82, 2.24) is 9.88 Å². The maximum absolute atomic E-state index is 14.0. The number of sulfone groups is 1. The Morgan fingerprint density at radius 3 is 2.00 bits per heavy atom. The predicted molar refractivity (Wildman–Crippen MR) is 159 cm³/mol. The molecule has 0 saturated carbocycles. The lowest BCUT2D eigenvalue weighted by Gasteiger charge is -2.25. The molecule has 1 aromatic heterocycles. The SMILES string of the molecule is CCOc1cc(C(=O)N(CCN(CC)CC)c2nc3ccc(S(C)(=O)=O)cc3s2)cc(OCC)c1OCC.Cl. The van der Waals surface area contributed by atoms with E-state index < -0.39 is 9.84 Å². The van der Waals surface area contributed by atoms with Crippen molar-refractivity contribution >= 4 is 54.8 Å². The van der Waals surface area contributed by atoms with E-state index in [1.165, 1.54) is 17.6 Å². The molecule has 1 amide bonds. The molecule has 0 saturated heterocycles. The van der Waals surface area contributed by atoms with E-state index in [9.17, 15) is 13.2 Å². The van der Waals surface area contributed by atoms with Crippen LogP contribution in [0, 0.1) is 0 Å². The molecule has 39 heavy (non-hydrogen) atoms. The van der Waals surface area contributed by atoms with Gasteiger partial charge in [0.25, 0.3) is 5.91 Å². The van der Waals surface area contributed by atoms with Crippen molar-refractivity contribution in [2.75, 3.05) is 57.2 Å². The molecule has 0 aliphatic carbocycles. The Balaban J connectivity index is 0.00000533. The summed E-state index contributed by atoms with van der Waals surface area (Å²) in [5.74, 6) is 1.09. The number of nitrogens with zero attached hydrogens (tertiary/aromatic N) is 3.